The Balaban J connectivity index is 1.35. The second kappa shape index (κ2) is 4.19. The molecular formula is C16H26O3. The van der Waals surface area contributed by atoms with E-state index in [1.54, 1.807) is 0 Å². The van der Waals surface area contributed by atoms with Crippen LogP contribution in [0.2, 0.25) is 0 Å². The number of hydrogen-bond donors (Lipinski definition) is 0. The summed E-state index contributed by atoms with van der Waals surface area (Å²) in [5.41, 5.74) is 0.181. The van der Waals surface area contributed by atoms with Crippen molar-refractivity contribution in [3.05, 3.63) is 0 Å². The van der Waals surface area contributed by atoms with Crippen molar-refractivity contribution < 1.29 is 14.2 Å². The summed E-state index contributed by atoms with van der Waals surface area (Å²) in [6, 6.07) is 0. The molecule has 3 atom stereocenters. The van der Waals surface area contributed by atoms with Crippen LogP contribution in [0.3, 0.4) is 0 Å². The van der Waals surface area contributed by atoms with Gasteiger partial charge in [0.15, 0.2) is 5.79 Å². The van der Waals surface area contributed by atoms with Crippen molar-refractivity contribution in [3.8, 4) is 0 Å². The third kappa shape index (κ3) is 2.45. The van der Waals surface area contributed by atoms with E-state index in [4.69, 9.17) is 14.2 Å². The van der Waals surface area contributed by atoms with Crippen molar-refractivity contribution in [3.63, 3.8) is 0 Å². The quantitative estimate of drug-likeness (QED) is 0.768. The standard InChI is InChI=1S/C16H26O3/c1-15(2)9-17-16(18-10-15)7-11-5-14(6-12(11)8-16)19-13-3-4-13/h11-14H,3-10H2,1-2H3/t11-,12+,14-. The van der Waals surface area contributed by atoms with E-state index in [2.05, 4.69) is 13.8 Å². The Morgan fingerprint density at radius 1 is 0.895 bits per heavy atom. The third-order valence-corrected chi connectivity index (χ3v) is 5.31. The molecule has 4 fully saturated rings. The largest absolute Gasteiger partial charge is 0.375 e. The van der Waals surface area contributed by atoms with Crippen LogP contribution in [0.5, 0.6) is 0 Å². The molecular weight excluding hydrogens is 240 g/mol. The van der Waals surface area contributed by atoms with Crippen molar-refractivity contribution in [2.45, 2.75) is 70.4 Å². The summed E-state index contributed by atoms with van der Waals surface area (Å²) in [7, 11) is 0. The van der Waals surface area contributed by atoms with Crippen molar-refractivity contribution in [1.29, 1.82) is 0 Å². The van der Waals surface area contributed by atoms with Crippen LogP contribution in [0.4, 0.5) is 0 Å². The molecule has 0 aromatic heterocycles. The summed E-state index contributed by atoms with van der Waals surface area (Å²) >= 11 is 0. The van der Waals surface area contributed by atoms with Gasteiger partial charge in [-0.25, -0.2) is 0 Å². The first-order valence-corrected chi connectivity index (χ1v) is 7.97. The molecule has 1 saturated heterocycles. The summed E-state index contributed by atoms with van der Waals surface area (Å²) in [5.74, 6) is 1.30. The first kappa shape index (κ1) is 12.6. The van der Waals surface area contributed by atoms with E-state index in [1.165, 1.54) is 25.7 Å². The average Bonchev–Trinajstić information content (AvgIpc) is 2.98. The van der Waals surface area contributed by atoms with Gasteiger partial charge in [0.1, 0.15) is 0 Å². The Bertz CT molecular complexity index is 335. The van der Waals surface area contributed by atoms with Gasteiger partial charge in [-0.1, -0.05) is 13.8 Å². The minimum Gasteiger partial charge on any atom is -0.375 e. The fourth-order valence-corrected chi connectivity index (χ4v) is 4.10. The van der Waals surface area contributed by atoms with Crippen LogP contribution in [0.25, 0.3) is 0 Å². The molecule has 0 N–H and O–H groups in total. The monoisotopic (exact) mass is 266 g/mol. The van der Waals surface area contributed by atoms with E-state index < -0.39 is 0 Å². The number of ether oxygens (including phenoxy) is 3. The molecule has 3 aliphatic carbocycles. The van der Waals surface area contributed by atoms with Crippen LogP contribution in [-0.2, 0) is 14.2 Å². The summed E-state index contributed by atoms with van der Waals surface area (Å²) in [6.45, 7) is 6.12. The van der Waals surface area contributed by atoms with Gasteiger partial charge in [0, 0.05) is 18.3 Å². The van der Waals surface area contributed by atoms with Gasteiger partial charge in [0.05, 0.1) is 25.4 Å². The van der Waals surface area contributed by atoms with Gasteiger partial charge in [-0.2, -0.15) is 0 Å². The van der Waals surface area contributed by atoms with E-state index in [1.807, 2.05) is 0 Å². The zero-order valence-electron chi connectivity index (χ0n) is 12.2. The second-order valence-electron chi connectivity index (χ2n) is 8.01. The number of hydrogen-bond acceptors (Lipinski definition) is 3. The maximum atomic E-state index is 6.14. The summed E-state index contributed by atoms with van der Waals surface area (Å²) in [5, 5.41) is 0. The molecule has 4 rings (SSSR count). The molecule has 1 spiro atoms. The Morgan fingerprint density at radius 2 is 1.47 bits per heavy atom. The second-order valence-corrected chi connectivity index (χ2v) is 8.01. The Kier molecular flexibility index (Phi) is 2.78. The summed E-state index contributed by atoms with van der Waals surface area (Å²) in [6.07, 6.45) is 8.36. The minimum atomic E-state index is -0.241. The van der Waals surface area contributed by atoms with Crippen LogP contribution in [-0.4, -0.2) is 31.2 Å². The zero-order chi connectivity index (χ0) is 13.1. The average molecular weight is 266 g/mol. The highest BCUT2D eigenvalue weighted by Gasteiger charge is 2.54. The van der Waals surface area contributed by atoms with Crippen LogP contribution in [0.1, 0.15) is 52.4 Å². The Labute approximate surface area is 116 Å². The molecule has 0 amide bonds. The SMILES string of the molecule is CC1(C)COC2(C[C@H]3C[C@@H](OC4CC4)C[C@H]3C2)OC1. The smallest absolute Gasteiger partial charge is 0.168 e. The lowest BCUT2D eigenvalue weighted by molar-refractivity contribution is -0.297. The molecule has 3 saturated carbocycles. The minimum absolute atomic E-state index is 0.181. The zero-order valence-corrected chi connectivity index (χ0v) is 12.2. The van der Waals surface area contributed by atoms with E-state index in [0.717, 1.165) is 37.9 Å². The molecule has 0 aromatic carbocycles. The first-order chi connectivity index (χ1) is 9.04. The molecule has 0 bridgehead atoms. The number of rotatable bonds is 2. The molecule has 4 aliphatic rings. The highest BCUT2D eigenvalue weighted by atomic mass is 16.7. The molecule has 1 heterocycles. The van der Waals surface area contributed by atoms with Crippen LogP contribution in [0, 0.1) is 17.3 Å². The van der Waals surface area contributed by atoms with Gasteiger partial charge in [-0.05, 0) is 37.5 Å². The molecule has 3 nitrogen and oxygen atoms in total. The molecule has 108 valence electrons. The van der Waals surface area contributed by atoms with Gasteiger partial charge < -0.3 is 14.2 Å². The lowest BCUT2D eigenvalue weighted by Gasteiger charge is -2.42. The van der Waals surface area contributed by atoms with Crippen molar-refractivity contribution >= 4 is 0 Å². The first-order valence-electron chi connectivity index (χ1n) is 7.97. The molecule has 0 aromatic rings. The summed E-state index contributed by atoms with van der Waals surface area (Å²) in [4.78, 5) is 0. The fourth-order valence-electron chi connectivity index (χ4n) is 4.10. The van der Waals surface area contributed by atoms with Gasteiger partial charge in [0.2, 0.25) is 0 Å². The molecule has 0 radical (unpaired) electrons. The van der Waals surface area contributed by atoms with Gasteiger partial charge in [0.25, 0.3) is 0 Å². The van der Waals surface area contributed by atoms with Crippen LogP contribution < -0.4 is 0 Å². The normalized spacial score (nSPS) is 43.6. The highest BCUT2D eigenvalue weighted by Crippen LogP contribution is 2.53. The topological polar surface area (TPSA) is 27.7 Å². The maximum absolute atomic E-state index is 6.14. The molecule has 1 aliphatic heterocycles. The molecule has 19 heavy (non-hydrogen) atoms. The van der Waals surface area contributed by atoms with E-state index in [9.17, 15) is 0 Å². The lowest BCUT2D eigenvalue weighted by atomic mass is 9.94. The molecule has 3 heteroatoms. The summed E-state index contributed by atoms with van der Waals surface area (Å²) < 4.78 is 18.4. The lowest BCUT2D eigenvalue weighted by Crippen LogP contribution is -2.46. The van der Waals surface area contributed by atoms with Gasteiger partial charge in [-0.15, -0.1) is 0 Å². The van der Waals surface area contributed by atoms with Crippen molar-refractivity contribution in [2.24, 2.45) is 17.3 Å². The van der Waals surface area contributed by atoms with Gasteiger partial charge in [-0.3, -0.25) is 0 Å². The molecule has 0 unspecified atom stereocenters. The predicted octanol–water partition coefficient (Wildman–Crippen LogP) is 3.12. The fraction of sp³-hybridized carbons (Fsp3) is 1.00. The third-order valence-electron chi connectivity index (χ3n) is 5.31. The van der Waals surface area contributed by atoms with Crippen LogP contribution in [0.15, 0.2) is 0 Å². The highest BCUT2D eigenvalue weighted by molar-refractivity contribution is 4.99. The van der Waals surface area contributed by atoms with Crippen molar-refractivity contribution in [2.75, 3.05) is 13.2 Å². The van der Waals surface area contributed by atoms with E-state index in [0.29, 0.717) is 12.2 Å². The van der Waals surface area contributed by atoms with Crippen molar-refractivity contribution in [1.82, 2.24) is 0 Å². The van der Waals surface area contributed by atoms with E-state index in [-0.39, 0.29) is 11.2 Å². The predicted molar refractivity (Wildman–Crippen MR) is 71.8 cm³/mol. The van der Waals surface area contributed by atoms with Gasteiger partial charge >= 0.3 is 0 Å². The van der Waals surface area contributed by atoms with Crippen LogP contribution >= 0.6 is 0 Å². The Morgan fingerprint density at radius 3 is 2.00 bits per heavy atom. The maximum Gasteiger partial charge on any atom is 0.168 e. The Hall–Kier alpha value is -0.120. The number of fused-ring (bicyclic) bond motifs is 1. The van der Waals surface area contributed by atoms with E-state index >= 15 is 0 Å².